The van der Waals surface area contributed by atoms with E-state index >= 15 is 0 Å². The first-order chi connectivity index (χ1) is 6.20. The van der Waals surface area contributed by atoms with Crippen molar-refractivity contribution in [1.29, 1.82) is 0 Å². The van der Waals surface area contributed by atoms with Crippen molar-refractivity contribution < 1.29 is 9.84 Å². The van der Waals surface area contributed by atoms with Crippen LogP contribution in [0.3, 0.4) is 0 Å². The van der Waals surface area contributed by atoms with Gasteiger partial charge >= 0.3 is 0 Å². The molecular formula is C12H26O2. The van der Waals surface area contributed by atoms with Gasteiger partial charge in [0.2, 0.25) is 0 Å². The van der Waals surface area contributed by atoms with E-state index in [1.54, 1.807) is 0 Å². The van der Waals surface area contributed by atoms with Crippen molar-refractivity contribution in [2.24, 2.45) is 11.3 Å². The largest absolute Gasteiger partial charge is 0.390 e. The van der Waals surface area contributed by atoms with Crippen LogP contribution in [-0.4, -0.2) is 23.9 Å². The predicted molar refractivity (Wildman–Crippen MR) is 60.4 cm³/mol. The van der Waals surface area contributed by atoms with Gasteiger partial charge in [-0.25, -0.2) is 0 Å². The topological polar surface area (TPSA) is 29.5 Å². The van der Waals surface area contributed by atoms with Crippen LogP contribution in [0.5, 0.6) is 0 Å². The molecule has 1 atom stereocenters. The molecule has 0 aliphatic heterocycles. The lowest BCUT2D eigenvalue weighted by Gasteiger charge is -2.37. The zero-order valence-electron chi connectivity index (χ0n) is 10.6. The van der Waals surface area contributed by atoms with Crippen molar-refractivity contribution in [2.75, 3.05) is 13.2 Å². The van der Waals surface area contributed by atoms with E-state index in [-0.39, 0.29) is 5.41 Å². The Hall–Kier alpha value is -0.0800. The molecule has 0 saturated carbocycles. The van der Waals surface area contributed by atoms with Gasteiger partial charge < -0.3 is 9.84 Å². The molecule has 0 aliphatic rings. The Balaban J connectivity index is 3.89. The Kier molecular flexibility index (Phi) is 5.10. The van der Waals surface area contributed by atoms with Gasteiger partial charge in [0.15, 0.2) is 0 Å². The van der Waals surface area contributed by atoms with E-state index in [4.69, 9.17) is 4.74 Å². The van der Waals surface area contributed by atoms with Crippen LogP contribution in [0.1, 0.15) is 48.0 Å². The number of rotatable bonds is 6. The molecule has 0 rings (SSSR count). The van der Waals surface area contributed by atoms with E-state index < -0.39 is 5.60 Å². The molecule has 2 nitrogen and oxygen atoms in total. The quantitative estimate of drug-likeness (QED) is 0.717. The maximum Gasteiger partial charge on any atom is 0.0664 e. The first kappa shape index (κ1) is 13.9. The third kappa shape index (κ3) is 4.43. The number of ether oxygens (including phenoxy) is 1. The molecule has 1 unspecified atom stereocenters. The van der Waals surface area contributed by atoms with E-state index in [0.717, 1.165) is 13.0 Å². The minimum atomic E-state index is -0.692. The minimum Gasteiger partial charge on any atom is -0.390 e. The number of hydrogen-bond acceptors (Lipinski definition) is 2. The summed E-state index contributed by atoms with van der Waals surface area (Å²) < 4.78 is 5.62. The molecule has 0 aromatic carbocycles. The zero-order chi connectivity index (χ0) is 11.4. The molecule has 0 fully saturated rings. The summed E-state index contributed by atoms with van der Waals surface area (Å²) in [5, 5.41) is 9.89. The van der Waals surface area contributed by atoms with Crippen LogP contribution >= 0.6 is 0 Å². The third-order valence-corrected chi connectivity index (χ3v) is 3.22. The summed E-state index contributed by atoms with van der Waals surface area (Å²) in [6.07, 6.45) is 1.14. The summed E-state index contributed by atoms with van der Waals surface area (Å²) in [7, 11) is 0. The SMILES string of the molecule is CCC(C)COCC(C)(C)C(C)(C)O. The lowest BCUT2D eigenvalue weighted by molar-refractivity contribution is -0.0841. The predicted octanol–water partition coefficient (Wildman–Crippen LogP) is 2.85. The van der Waals surface area contributed by atoms with Gasteiger partial charge in [0.25, 0.3) is 0 Å². The lowest BCUT2D eigenvalue weighted by atomic mass is 9.78. The van der Waals surface area contributed by atoms with Gasteiger partial charge in [-0.15, -0.1) is 0 Å². The summed E-state index contributed by atoms with van der Waals surface area (Å²) in [6, 6.07) is 0. The van der Waals surface area contributed by atoms with Gasteiger partial charge in [-0.2, -0.15) is 0 Å². The summed E-state index contributed by atoms with van der Waals surface area (Å²) >= 11 is 0. The molecule has 0 saturated heterocycles. The summed E-state index contributed by atoms with van der Waals surface area (Å²) in [5.41, 5.74) is -0.886. The Labute approximate surface area is 88.7 Å². The van der Waals surface area contributed by atoms with Gasteiger partial charge in [-0.05, 0) is 19.8 Å². The smallest absolute Gasteiger partial charge is 0.0664 e. The molecule has 0 aromatic rings. The molecule has 0 aliphatic carbocycles. The summed E-state index contributed by atoms with van der Waals surface area (Å²) in [4.78, 5) is 0. The number of aliphatic hydroxyl groups is 1. The fourth-order valence-electron chi connectivity index (χ4n) is 0.810. The Morgan fingerprint density at radius 1 is 1.21 bits per heavy atom. The van der Waals surface area contributed by atoms with Crippen molar-refractivity contribution in [1.82, 2.24) is 0 Å². The van der Waals surface area contributed by atoms with Crippen LogP contribution in [0, 0.1) is 11.3 Å². The van der Waals surface area contributed by atoms with E-state index in [1.807, 2.05) is 27.7 Å². The molecule has 0 amide bonds. The second-order valence-electron chi connectivity index (χ2n) is 5.47. The van der Waals surface area contributed by atoms with Crippen LogP contribution in [0.25, 0.3) is 0 Å². The van der Waals surface area contributed by atoms with Gasteiger partial charge in [0.05, 0.1) is 12.2 Å². The van der Waals surface area contributed by atoms with Crippen molar-refractivity contribution in [3.63, 3.8) is 0 Å². The Morgan fingerprint density at radius 3 is 2.07 bits per heavy atom. The highest BCUT2D eigenvalue weighted by molar-refractivity contribution is 4.85. The van der Waals surface area contributed by atoms with Crippen molar-refractivity contribution in [2.45, 2.75) is 53.6 Å². The van der Waals surface area contributed by atoms with Crippen molar-refractivity contribution in [3.8, 4) is 0 Å². The fourth-order valence-corrected chi connectivity index (χ4v) is 0.810. The summed E-state index contributed by atoms with van der Waals surface area (Å²) in [6.45, 7) is 13.5. The standard InChI is InChI=1S/C12H26O2/c1-7-10(2)8-14-9-11(3,4)12(5,6)13/h10,13H,7-9H2,1-6H3. The van der Waals surface area contributed by atoms with Crippen LogP contribution in [-0.2, 0) is 4.74 Å². The first-order valence-electron chi connectivity index (χ1n) is 5.51. The minimum absolute atomic E-state index is 0.194. The third-order valence-electron chi connectivity index (χ3n) is 3.22. The molecule has 0 heterocycles. The van der Waals surface area contributed by atoms with Gasteiger partial charge in [0, 0.05) is 12.0 Å². The molecule has 0 radical (unpaired) electrons. The van der Waals surface area contributed by atoms with Crippen molar-refractivity contribution >= 4 is 0 Å². The normalized spacial score (nSPS) is 15.6. The molecule has 0 bridgehead atoms. The van der Waals surface area contributed by atoms with E-state index in [2.05, 4.69) is 13.8 Å². The molecule has 86 valence electrons. The van der Waals surface area contributed by atoms with E-state index in [9.17, 15) is 5.11 Å². The average molecular weight is 202 g/mol. The van der Waals surface area contributed by atoms with E-state index in [0.29, 0.717) is 12.5 Å². The molecule has 0 aromatic heterocycles. The fraction of sp³-hybridized carbons (Fsp3) is 1.00. The monoisotopic (exact) mass is 202 g/mol. The van der Waals surface area contributed by atoms with Crippen LogP contribution in [0.2, 0.25) is 0 Å². The van der Waals surface area contributed by atoms with Crippen LogP contribution < -0.4 is 0 Å². The highest BCUT2D eigenvalue weighted by atomic mass is 16.5. The average Bonchev–Trinajstić information content (AvgIpc) is 2.01. The summed E-state index contributed by atoms with van der Waals surface area (Å²) in [5.74, 6) is 0.604. The van der Waals surface area contributed by atoms with Crippen molar-refractivity contribution in [3.05, 3.63) is 0 Å². The van der Waals surface area contributed by atoms with Crippen LogP contribution in [0.15, 0.2) is 0 Å². The second-order valence-corrected chi connectivity index (χ2v) is 5.47. The molecular weight excluding hydrogens is 176 g/mol. The number of hydrogen-bond donors (Lipinski definition) is 1. The highest BCUT2D eigenvalue weighted by Crippen LogP contribution is 2.30. The molecule has 14 heavy (non-hydrogen) atoms. The Morgan fingerprint density at radius 2 is 1.71 bits per heavy atom. The van der Waals surface area contributed by atoms with Gasteiger partial charge in [0.1, 0.15) is 0 Å². The maximum atomic E-state index is 9.89. The van der Waals surface area contributed by atoms with E-state index in [1.165, 1.54) is 0 Å². The van der Waals surface area contributed by atoms with Crippen LogP contribution in [0.4, 0.5) is 0 Å². The zero-order valence-corrected chi connectivity index (χ0v) is 10.6. The molecule has 1 N–H and O–H groups in total. The first-order valence-corrected chi connectivity index (χ1v) is 5.51. The lowest BCUT2D eigenvalue weighted by Crippen LogP contribution is -2.42. The molecule has 0 spiro atoms. The molecule has 2 heteroatoms. The maximum absolute atomic E-state index is 9.89. The highest BCUT2D eigenvalue weighted by Gasteiger charge is 2.35. The van der Waals surface area contributed by atoms with Gasteiger partial charge in [-0.3, -0.25) is 0 Å². The van der Waals surface area contributed by atoms with Gasteiger partial charge in [-0.1, -0.05) is 34.1 Å². The second kappa shape index (κ2) is 5.13. The Bertz CT molecular complexity index is 156.